The van der Waals surface area contributed by atoms with E-state index in [-0.39, 0.29) is 0 Å². The van der Waals surface area contributed by atoms with Gasteiger partial charge in [-0.3, -0.25) is 0 Å². The molecule has 1 saturated carbocycles. The molecule has 0 aromatic carbocycles. The van der Waals surface area contributed by atoms with Crippen molar-refractivity contribution in [2.45, 2.75) is 228 Å². The Morgan fingerprint density at radius 3 is 1.98 bits per heavy atom. The van der Waals surface area contributed by atoms with Crippen LogP contribution < -0.4 is 5.32 Å². The summed E-state index contributed by atoms with van der Waals surface area (Å²) in [7, 11) is 0. The zero-order valence-corrected chi connectivity index (χ0v) is 35.0. The summed E-state index contributed by atoms with van der Waals surface area (Å²) >= 11 is 0. The molecular formula is C48H89N. The Balaban J connectivity index is 1.63. The Kier molecular flexibility index (Phi) is 18.1. The molecule has 0 aromatic heterocycles. The van der Waals surface area contributed by atoms with Gasteiger partial charge < -0.3 is 5.32 Å². The minimum absolute atomic E-state index is 0.648. The molecule has 0 aromatic rings. The van der Waals surface area contributed by atoms with Gasteiger partial charge in [0, 0.05) is 12.1 Å². The van der Waals surface area contributed by atoms with Crippen molar-refractivity contribution in [3.8, 4) is 0 Å². The minimum atomic E-state index is 0.648. The van der Waals surface area contributed by atoms with Crippen molar-refractivity contribution >= 4 is 0 Å². The number of nitrogens with one attached hydrogen (secondary N) is 1. The molecule has 3 aliphatic carbocycles. The van der Waals surface area contributed by atoms with Crippen LogP contribution in [0.4, 0.5) is 0 Å². The third-order valence-electron chi connectivity index (χ3n) is 16.0. The van der Waals surface area contributed by atoms with E-state index in [0.717, 1.165) is 65.1 Å². The second-order valence-electron chi connectivity index (χ2n) is 19.3. The molecule has 1 nitrogen and oxygen atoms in total. The first kappa shape index (κ1) is 41.5. The van der Waals surface area contributed by atoms with Crippen molar-refractivity contribution in [3.05, 3.63) is 11.1 Å². The van der Waals surface area contributed by atoms with E-state index < -0.39 is 0 Å². The molecule has 0 amide bonds. The van der Waals surface area contributed by atoms with Crippen LogP contribution in [0.25, 0.3) is 0 Å². The molecule has 286 valence electrons. The summed E-state index contributed by atoms with van der Waals surface area (Å²) in [4.78, 5) is 0. The van der Waals surface area contributed by atoms with E-state index in [1.54, 1.807) is 0 Å². The summed E-state index contributed by atoms with van der Waals surface area (Å²) in [6.45, 7) is 23.1. The van der Waals surface area contributed by atoms with E-state index in [1.807, 2.05) is 11.1 Å². The molecule has 49 heavy (non-hydrogen) atoms. The summed E-state index contributed by atoms with van der Waals surface area (Å²) in [5, 5.41) is 4.74. The maximum absolute atomic E-state index is 4.74. The summed E-state index contributed by atoms with van der Waals surface area (Å²) in [6, 6.07) is 1.34. The van der Waals surface area contributed by atoms with Crippen molar-refractivity contribution in [1.82, 2.24) is 5.32 Å². The van der Waals surface area contributed by atoms with E-state index in [0.29, 0.717) is 12.1 Å². The Morgan fingerprint density at radius 2 is 1.33 bits per heavy atom. The Labute approximate surface area is 309 Å². The van der Waals surface area contributed by atoms with Crippen LogP contribution in [0.2, 0.25) is 0 Å². The lowest BCUT2D eigenvalue weighted by Crippen LogP contribution is -2.51. The van der Waals surface area contributed by atoms with E-state index >= 15 is 0 Å². The SMILES string of the molecule is CCCC(CC(C)C(CC(C)C1CCCC1)C(CC)CCC)C1CCCC(C)C(CCC)C2CCC3=C(CCCC(C)C(C)CCC3)C2N1. The van der Waals surface area contributed by atoms with E-state index in [1.165, 1.54) is 154 Å². The lowest BCUT2D eigenvalue weighted by Gasteiger charge is -2.45. The minimum Gasteiger partial charge on any atom is -0.307 e. The molecule has 1 N–H and O–H groups in total. The third-order valence-corrected chi connectivity index (χ3v) is 16.0. The van der Waals surface area contributed by atoms with Gasteiger partial charge in [0.25, 0.3) is 0 Å². The molecule has 0 bridgehead atoms. The second-order valence-corrected chi connectivity index (χ2v) is 19.3. The highest BCUT2D eigenvalue weighted by Crippen LogP contribution is 2.47. The Hall–Kier alpha value is -0.300. The van der Waals surface area contributed by atoms with Gasteiger partial charge in [0.2, 0.25) is 0 Å². The summed E-state index contributed by atoms with van der Waals surface area (Å²) in [6.07, 6.45) is 34.3. The number of fused-ring (bicyclic) bond motifs is 2. The van der Waals surface area contributed by atoms with Crippen LogP contribution in [0, 0.1) is 65.1 Å². The number of allylic oxidation sites excluding steroid dienone is 1. The molecule has 4 aliphatic rings. The van der Waals surface area contributed by atoms with Crippen LogP contribution in [0.5, 0.6) is 0 Å². The highest BCUT2D eigenvalue weighted by molar-refractivity contribution is 5.26. The predicted molar refractivity (Wildman–Crippen MR) is 218 cm³/mol. The summed E-state index contributed by atoms with van der Waals surface area (Å²) in [5.41, 5.74) is 3.86. The van der Waals surface area contributed by atoms with Crippen LogP contribution in [0.1, 0.15) is 216 Å². The maximum atomic E-state index is 4.74. The fourth-order valence-electron chi connectivity index (χ4n) is 12.7. The first-order valence-corrected chi connectivity index (χ1v) is 23.2. The predicted octanol–water partition coefficient (Wildman–Crippen LogP) is 15.0. The van der Waals surface area contributed by atoms with Crippen LogP contribution >= 0.6 is 0 Å². The van der Waals surface area contributed by atoms with Gasteiger partial charge in [0.05, 0.1) is 0 Å². The van der Waals surface area contributed by atoms with Gasteiger partial charge in [0.15, 0.2) is 0 Å². The van der Waals surface area contributed by atoms with E-state index in [9.17, 15) is 0 Å². The molecule has 12 unspecified atom stereocenters. The van der Waals surface area contributed by atoms with Gasteiger partial charge >= 0.3 is 0 Å². The molecule has 1 heterocycles. The molecule has 12 atom stereocenters. The lowest BCUT2D eigenvalue weighted by molar-refractivity contribution is 0.122. The molecule has 1 heteroatoms. The number of hydrogen-bond donors (Lipinski definition) is 1. The molecule has 2 fully saturated rings. The summed E-state index contributed by atoms with van der Waals surface area (Å²) < 4.78 is 0. The van der Waals surface area contributed by atoms with Crippen molar-refractivity contribution in [1.29, 1.82) is 0 Å². The average molecular weight is 680 g/mol. The molecule has 0 spiro atoms. The van der Waals surface area contributed by atoms with Crippen molar-refractivity contribution < 1.29 is 0 Å². The first-order chi connectivity index (χ1) is 23.7. The standard InChI is InChI=1S/C48H89N/c1-10-19-39(13-4)46(33-37(8)40-25-14-15-26-40)38(9)32-42(20-11-2)47-29-18-24-36(7)43(21-12-3)45-31-30-41-27-16-22-34(5)35(6)23-17-28-44(41)48(45)49-47/h34-40,42-43,45-49H,10-33H2,1-9H3. The number of hydrogen-bond acceptors (Lipinski definition) is 1. The van der Waals surface area contributed by atoms with Crippen molar-refractivity contribution in [3.63, 3.8) is 0 Å². The highest BCUT2D eigenvalue weighted by atomic mass is 15.0. The quantitative estimate of drug-likeness (QED) is 0.170. The third kappa shape index (κ3) is 11.6. The Bertz CT molecular complexity index is 927. The van der Waals surface area contributed by atoms with Gasteiger partial charge in [-0.05, 0) is 129 Å². The van der Waals surface area contributed by atoms with Crippen molar-refractivity contribution in [2.24, 2.45) is 65.1 Å². The van der Waals surface area contributed by atoms with Crippen LogP contribution in [-0.2, 0) is 0 Å². The van der Waals surface area contributed by atoms with Crippen molar-refractivity contribution in [2.75, 3.05) is 0 Å². The van der Waals surface area contributed by atoms with Gasteiger partial charge in [-0.15, -0.1) is 0 Å². The maximum Gasteiger partial charge on any atom is 0.0315 e. The van der Waals surface area contributed by atoms with E-state index in [2.05, 4.69) is 62.3 Å². The fraction of sp³-hybridized carbons (Fsp3) is 0.958. The van der Waals surface area contributed by atoms with Crippen LogP contribution in [-0.4, -0.2) is 12.1 Å². The summed E-state index contributed by atoms with van der Waals surface area (Å²) in [5.74, 6) is 9.81. The zero-order chi connectivity index (χ0) is 35.3. The van der Waals surface area contributed by atoms with Gasteiger partial charge in [0.1, 0.15) is 0 Å². The molecule has 1 aliphatic heterocycles. The van der Waals surface area contributed by atoms with Gasteiger partial charge in [-0.25, -0.2) is 0 Å². The fourth-order valence-corrected chi connectivity index (χ4v) is 12.7. The van der Waals surface area contributed by atoms with E-state index in [4.69, 9.17) is 5.32 Å². The largest absolute Gasteiger partial charge is 0.307 e. The molecule has 1 saturated heterocycles. The molecular weight excluding hydrogens is 591 g/mol. The van der Waals surface area contributed by atoms with Crippen LogP contribution in [0.3, 0.4) is 0 Å². The number of rotatable bonds is 15. The average Bonchev–Trinajstić information content (AvgIpc) is 3.65. The van der Waals surface area contributed by atoms with Gasteiger partial charge in [-0.1, -0.05) is 163 Å². The molecule has 0 radical (unpaired) electrons. The molecule has 4 rings (SSSR count). The normalized spacial score (nSPS) is 34.1. The lowest BCUT2D eigenvalue weighted by atomic mass is 9.66. The second kappa shape index (κ2) is 21.4. The van der Waals surface area contributed by atoms with Gasteiger partial charge in [-0.2, -0.15) is 0 Å². The highest BCUT2D eigenvalue weighted by Gasteiger charge is 2.41. The zero-order valence-electron chi connectivity index (χ0n) is 35.0. The first-order valence-electron chi connectivity index (χ1n) is 23.2. The monoisotopic (exact) mass is 680 g/mol. The topological polar surface area (TPSA) is 12.0 Å². The Morgan fingerprint density at radius 1 is 0.653 bits per heavy atom. The smallest absolute Gasteiger partial charge is 0.0315 e. The van der Waals surface area contributed by atoms with Crippen LogP contribution in [0.15, 0.2) is 11.1 Å².